The van der Waals surface area contributed by atoms with Crippen LogP contribution in [0.5, 0.6) is 0 Å². The van der Waals surface area contributed by atoms with E-state index in [4.69, 9.17) is 4.74 Å². The maximum atomic E-state index is 13.3. The van der Waals surface area contributed by atoms with Crippen molar-refractivity contribution >= 4 is 15.9 Å². The van der Waals surface area contributed by atoms with Crippen molar-refractivity contribution in [2.45, 2.75) is 25.4 Å². The molecule has 1 aromatic rings. The summed E-state index contributed by atoms with van der Waals surface area (Å²) in [5.74, 6) is -0.117. The highest BCUT2D eigenvalue weighted by Crippen LogP contribution is 2.25. The van der Waals surface area contributed by atoms with Crippen molar-refractivity contribution in [1.82, 2.24) is 0 Å². The maximum Gasteiger partial charge on any atom is 0.137 e. The average Bonchev–Trinajstić information content (AvgIpc) is 2.36. The van der Waals surface area contributed by atoms with Crippen LogP contribution in [-0.4, -0.2) is 24.4 Å². The molecule has 94 valence electrons. The molecule has 2 atom stereocenters. The van der Waals surface area contributed by atoms with Gasteiger partial charge in [0.1, 0.15) is 5.82 Å². The molecule has 1 saturated heterocycles. The minimum atomic E-state index is -0.464. The lowest BCUT2D eigenvalue weighted by Gasteiger charge is -2.27. The van der Waals surface area contributed by atoms with Crippen LogP contribution in [0.25, 0.3) is 0 Å². The highest BCUT2D eigenvalue weighted by Gasteiger charge is 2.23. The fraction of sp³-hybridized carbons (Fsp3) is 0.538. The molecule has 0 saturated carbocycles. The van der Waals surface area contributed by atoms with E-state index in [1.54, 1.807) is 6.07 Å². The second-order valence-corrected chi connectivity index (χ2v) is 5.25. The lowest BCUT2D eigenvalue weighted by atomic mass is 9.91. The molecule has 1 aliphatic heterocycles. The second kappa shape index (κ2) is 5.94. The Balaban J connectivity index is 2.01. The van der Waals surface area contributed by atoms with Gasteiger partial charge >= 0.3 is 0 Å². The molecule has 0 bridgehead atoms. The lowest BCUT2D eigenvalue weighted by Crippen LogP contribution is -2.30. The van der Waals surface area contributed by atoms with Crippen molar-refractivity contribution in [1.29, 1.82) is 0 Å². The van der Waals surface area contributed by atoms with Gasteiger partial charge in [0.05, 0.1) is 17.2 Å². The normalized spacial score (nSPS) is 22.4. The Morgan fingerprint density at radius 1 is 1.53 bits per heavy atom. The molecule has 17 heavy (non-hydrogen) atoms. The van der Waals surface area contributed by atoms with Gasteiger partial charge in [-0.15, -0.1) is 0 Å². The number of halogens is 2. The number of ether oxygens (including phenoxy) is 1. The van der Waals surface area contributed by atoms with Gasteiger partial charge in [0.25, 0.3) is 0 Å². The molecule has 1 N–H and O–H groups in total. The summed E-state index contributed by atoms with van der Waals surface area (Å²) in [4.78, 5) is 0. The molecule has 2 rings (SSSR count). The molecule has 4 heteroatoms. The summed E-state index contributed by atoms with van der Waals surface area (Å²) < 4.78 is 19.1. The third-order valence-corrected chi connectivity index (χ3v) is 4.09. The Morgan fingerprint density at radius 3 is 3.06 bits per heavy atom. The SMILES string of the molecule is OC(Cc1cccc(F)c1Br)C1CCCOC1. The summed E-state index contributed by atoms with van der Waals surface area (Å²) in [6.07, 6.45) is 1.97. The van der Waals surface area contributed by atoms with Crippen molar-refractivity contribution in [2.24, 2.45) is 5.92 Å². The van der Waals surface area contributed by atoms with Crippen molar-refractivity contribution in [3.63, 3.8) is 0 Å². The molecular formula is C13H16BrFO2. The van der Waals surface area contributed by atoms with Crippen molar-refractivity contribution in [3.05, 3.63) is 34.1 Å². The van der Waals surface area contributed by atoms with Crippen LogP contribution >= 0.6 is 15.9 Å². The van der Waals surface area contributed by atoms with Gasteiger partial charge < -0.3 is 9.84 Å². The molecule has 0 spiro atoms. The van der Waals surface area contributed by atoms with Gasteiger partial charge in [0.2, 0.25) is 0 Å². The summed E-state index contributed by atoms with van der Waals surface area (Å²) in [6.45, 7) is 1.39. The first-order chi connectivity index (χ1) is 8.18. The van der Waals surface area contributed by atoms with E-state index in [0.29, 0.717) is 17.5 Å². The summed E-state index contributed by atoms with van der Waals surface area (Å²) in [5.41, 5.74) is 0.808. The van der Waals surface area contributed by atoms with E-state index in [1.807, 2.05) is 6.07 Å². The third-order valence-electron chi connectivity index (χ3n) is 3.20. The van der Waals surface area contributed by atoms with Gasteiger partial charge in [-0.1, -0.05) is 12.1 Å². The van der Waals surface area contributed by atoms with Crippen molar-refractivity contribution < 1.29 is 14.2 Å². The molecule has 0 aliphatic carbocycles. The van der Waals surface area contributed by atoms with Gasteiger partial charge in [0, 0.05) is 12.5 Å². The average molecular weight is 303 g/mol. The number of aliphatic hydroxyl groups is 1. The molecule has 1 heterocycles. The quantitative estimate of drug-likeness (QED) is 0.930. The molecule has 0 radical (unpaired) electrons. The Bertz CT molecular complexity index is 378. The first kappa shape index (κ1) is 13.0. The van der Waals surface area contributed by atoms with Crippen LogP contribution in [0.15, 0.2) is 22.7 Å². The number of hydrogen-bond donors (Lipinski definition) is 1. The van der Waals surface area contributed by atoms with E-state index in [-0.39, 0.29) is 11.7 Å². The van der Waals surface area contributed by atoms with Crippen LogP contribution in [0.4, 0.5) is 4.39 Å². The standard InChI is InChI=1S/C13H16BrFO2/c14-13-9(3-1-5-11(13)15)7-12(16)10-4-2-6-17-8-10/h1,3,5,10,12,16H,2,4,6-8H2. The van der Waals surface area contributed by atoms with Gasteiger partial charge in [-0.05, 0) is 46.8 Å². The Hall–Kier alpha value is -0.450. The lowest BCUT2D eigenvalue weighted by molar-refractivity contribution is -0.00854. The van der Waals surface area contributed by atoms with Crippen molar-refractivity contribution in [2.75, 3.05) is 13.2 Å². The largest absolute Gasteiger partial charge is 0.392 e. The minimum absolute atomic E-state index is 0.166. The Morgan fingerprint density at radius 2 is 2.35 bits per heavy atom. The van der Waals surface area contributed by atoms with Crippen LogP contribution in [0.1, 0.15) is 18.4 Å². The minimum Gasteiger partial charge on any atom is -0.392 e. The monoisotopic (exact) mass is 302 g/mol. The van der Waals surface area contributed by atoms with E-state index in [9.17, 15) is 9.50 Å². The number of hydrogen-bond acceptors (Lipinski definition) is 2. The molecule has 2 nitrogen and oxygen atoms in total. The van der Waals surface area contributed by atoms with Crippen LogP contribution in [0.3, 0.4) is 0 Å². The number of rotatable bonds is 3. The topological polar surface area (TPSA) is 29.5 Å². The zero-order valence-electron chi connectivity index (χ0n) is 9.53. The summed E-state index contributed by atoms with van der Waals surface area (Å²) in [5, 5.41) is 10.1. The van der Waals surface area contributed by atoms with Gasteiger partial charge in [-0.25, -0.2) is 4.39 Å². The summed E-state index contributed by atoms with van der Waals surface area (Å²) in [6, 6.07) is 4.91. The van der Waals surface area contributed by atoms with Crippen LogP contribution in [-0.2, 0) is 11.2 Å². The predicted octanol–water partition coefficient (Wildman–Crippen LogP) is 2.92. The fourth-order valence-electron chi connectivity index (χ4n) is 2.17. The van der Waals surface area contributed by atoms with E-state index in [1.165, 1.54) is 6.07 Å². The first-order valence-corrected chi connectivity index (χ1v) is 6.66. The summed E-state index contributed by atoms with van der Waals surface area (Å²) in [7, 11) is 0. The molecular weight excluding hydrogens is 287 g/mol. The zero-order valence-corrected chi connectivity index (χ0v) is 11.1. The van der Waals surface area contributed by atoms with E-state index < -0.39 is 6.10 Å². The molecule has 2 unspecified atom stereocenters. The first-order valence-electron chi connectivity index (χ1n) is 5.87. The second-order valence-electron chi connectivity index (χ2n) is 4.46. The smallest absolute Gasteiger partial charge is 0.137 e. The van der Waals surface area contributed by atoms with Gasteiger partial charge in [0.15, 0.2) is 0 Å². The predicted molar refractivity (Wildman–Crippen MR) is 67.4 cm³/mol. The van der Waals surface area contributed by atoms with Crippen LogP contribution in [0, 0.1) is 11.7 Å². The van der Waals surface area contributed by atoms with Gasteiger partial charge in [-0.2, -0.15) is 0 Å². The van der Waals surface area contributed by atoms with E-state index >= 15 is 0 Å². The van der Waals surface area contributed by atoms with E-state index in [2.05, 4.69) is 15.9 Å². The zero-order chi connectivity index (χ0) is 12.3. The Labute approximate surface area is 109 Å². The third kappa shape index (κ3) is 3.27. The molecule has 1 aliphatic rings. The highest BCUT2D eigenvalue weighted by atomic mass is 79.9. The van der Waals surface area contributed by atoms with Crippen LogP contribution in [0.2, 0.25) is 0 Å². The maximum absolute atomic E-state index is 13.3. The highest BCUT2D eigenvalue weighted by molar-refractivity contribution is 9.10. The van der Waals surface area contributed by atoms with Crippen molar-refractivity contribution in [3.8, 4) is 0 Å². The van der Waals surface area contributed by atoms with Crippen LogP contribution < -0.4 is 0 Å². The molecule has 0 aromatic heterocycles. The fourth-order valence-corrected chi connectivity index (χ4v) is 2.59. The van der Waals surface area contributed by atoms with Gasteiger partial charge in [-0.3, -0.25) is 0 Å². The molecule has 0 amide bonds. The Kier molecular flexibility index (Phi) is 4.54. The summed E-state index contributed by atoms with van der Waals surface area (Å²) >= 11 is 3.22. The number of benzene rings is 1. The molecule has 1 aromatic carbocycles. The van der Waals surface area contributed by atoms with E-state index in [0.717, 1.165) is 25.0 Å². The number of aliphatic hydroxyl groups excluding tert-OH is 1. The molecule has 1 fully saturated rings.